The summed E-state index contributed by atoms with van der Waals surface area (Å²) in [6.45, 7) is 2.08. The zero-order valence-corrected chi connectivity index (χ0v) is 9.90. The Hall–Kier alpha value is -2.02. The Kier molecular flexibility index (Phi) is 3.29. The number of aromatic nitrogens is 3. The van der Waals surface area contributed by atoms with Gasteiger partial charge in [0.05, 0.1) is 6.61 Å². The lowest BCUT2D eigenvalue weighted by atomic mass is 10.3. The summed E-state index contributed by atoms with van der Waals surface area (Å²) in [7, 11) is 0. The quantitative estimate of drug-likeness (QED) is 0.827. The molecule has 0 bridgehead atoms. The molecule has 88 valence electrons. The first kappa shape index (κ1) is 11.5. The van der Waals surface area contributed by atoms with Crippen LogP contribution in [0, 0.1) is 0 Å². The molecule has 2 N–H and O–H groups in total. The Morgan fingerprint density at radius 3 is 2.82 bits per heavy atom. The minimum absolute atomic E-state index is 0.205. The minimum atomic E-state index is -0.425. The van der Waals surface area contributed by atoms with Crippen LogP contribution < -0.4 is 5.73 Å². The van der Waals surface area contributed by atoms with Gasteiger partial charge in [-0.25, -0.2) is 19.7 Å². The van der Waals surface area contributed by atoms with E-state index in [4.69, 9.17) is 10.5 Å². The number of hydrogen-bond acceptors (Lipinski definition) is 7. The Bertz CT molecular complexity index is 523. The summed E-state index contributed by atoms with van der Waals surface area (Å²) >= 11 is 1.33. The van der Waals surface area contributed by atoms with Crippen molar-refractivity contribution in [2.24, 2.45) is 0 Å². The van der Waals surface area contributed by atoms with Crippen molar-refractivity contribution >= 4 is 23.3 Å². The topological polar surface area (TPSA) is 91.0 Å². The molecule has 0 atom stereocenters. The lowest BCUT2D eigenvalue weighted by Gasteiger charge is -1.97. The van der Waals surface area contributed by atoms with Gasteiger partial charge in [0, 0.05) is 23.3 Å². The average molecular weight is 250 g/mol. The van der Waals surface area contributed by atoms with Crippen LogP contribution in [0.15, 0.2) is 17.8 Å². The van der Waals surface area contributed by atoms with Crippen LogP contribution in [0.4, 0.5) is 5.95 Å². The average Bonchev–Trinajstić information content (AvgIpc) is 2.80. The van der Waals surface area contributed by atoms with Gasteiger partial charge in [-0.2, -0.15) is 0 Å². The van der Waals surface area contributed by atoms with E-state index in [2.05, 4.69) is 15.0 Å². The van der Waals surface area contributed by atoms with Crippen molar-refractivity contribution in [3.63, 3.8) is 0 Å². The van der Waals surface area contributed by atoms with Crippen LogP contribution in [-0.2, 0) is 4.74 Å². The second kappa shape index (κ2) is 4.88. The number of carbonyl (C=O) groups excluding carboxylic acids is 1. The molecule has 2 heterocycles. The maximum atomic E-state index is 11.4. The fourth-order valence-electron chi connectivity index (χ4n) is 1.15. The van der Waals surface area contributed by atoms with Gasteiger partial charge >= 0.3 is 5.97 Å². The Morgan fingerprint density at radius 2 is 2.18 bits per heavy atom. The van der Waals surface area contributed by atoms with Crippen molar-refractivity contribution in [3.8, 4) is 10.6 Å². The molecule has 0 aliphatic carbocycles. The first-order chi connectivity index (χ1) is 8.20. The third-order valence-electron chi connectivity index (χ3n) is 1.91. The van der Waals surface area contributed by atoms with Gasteiger partial charge in [0.1, 0.15) is 5.01 Å². The highest BCUT2D eigenvalue weighted by Gasteiger charge is 2.12. The first-order valence-electron chi connectivity index (χ1n) is 4.91. The van der Waals surface area contributed by atoms with Gasteiger partial charge in [0.15, 0.2) is 5.69 Å². The first-order valence-corrected chi connectivity index (χ1v) is 5.79. The summed E-state index contributed by atoms with van der Waals surface area (Å²) in [5.41, 5.74) is 6.40. The van der Waals surface area contributed by atoms with Gasteiger partial charge in [0.25, 0.3) is 0 Å². The molecule has 7 heteroatoms. The summed E-state index contributed by atoms with van der Waals surface area (Å²) in [6, 6.07) is 0. The number of esters is 1. The van der Waals surface area contributed by atoms with Crippen LogP contribution >= 0.6 is 11.3 Å². The van der Waals surface area contributed by atoms with Crippen molar-refractivity contribution in [2.45, 2.75) is 6.92 Å². The molecule has 0 saturated heterocycles. The number of anilines is 1. The molecule has 0 unspecified atom stereocenters. The predicted octanol–water partition coefficient (Wildman–Crippen LogP) is 1.36. The van der Waals surface area contributed by atoms with E-state index in [1.807, 2.05) is 0 Å². The molecular weight excluding hydrogens is 240 g/mol. The van der Waals surface area contributed by atoms with Gasteiger partial charge in [-0.15, -0.1) is 11.3 Å². The van der Waals surface area contributed by atoms with Crippen LogP contribution in [0.3, 0.4) is 0 Å². The Labute approximate surface area is 101 Å². The van der Waals surface area contributed by atoms with Gasteiger partial charge in [0.2, 0.25) is 5.95 Å². The number of thiazole rings is 1. The van der Waals surface area contributed by atoms with Crippen LogP contribution in [0.2, 0.25) is 0 Å². The molecule has 0 fully saturated rings. The molecule has 6 nitrogen and oxygen atoms in total. The molecule has 0 amide bonds. The van der Waals surface area contributed by atoms with E-state index in [-0.39, 0.29) is 5.95 Å². The standard InChI is InChI=1S/C10H10N4O2S/c1-2-16-9(15)7-5-17-8(14-7)6-3-12-10(11)13-4-6/h3-5H,2H2,1H3,(H2,11,12,13). The van der Waals surface area contributed by atoms with E-state index >= 15 is 0 Å². The third kappa shape index (κ3) is 2.56. The summed E-state index contributed by atoms with van der Waals surface area (Å²) < 4.78 is 4.85. The second-order valence-corrected chi connectivity index (χ2v) is 3.95. The predicted molar refractivity (Wildman–Crippen MR) is 63.5 cm³/mol. The SMILES string of the molecule is CCOC(=O)c1csc(-c2cnc(N)nc2)n1. The largest absolute Gasteiger partial charge is 0.461 e. The van der Waals surface area contributed by atoms with E-state index in [1.54, 1.807) is 24.7 Å². The number of nitrogen functional groups attached to an aromatic ring is 1. The van der Waals surface area contributed by atoms with Crippen LogP contribution in [0.5, 0.6) is 0 Å². The fourth-order valence-corrected chi connectivity index (χ4v) is 1.92. The molecule has 0 aliphatic rings. The van der Waals surface area contributed by atoms with Crippen molar-refractivity contribution in [1.29, 1.82) is 0 Å². The highest BCUT2D eigenvalue weighted by atomic mass is 32.1. The molecule has 0 saturated carbocycles. The molecule has 0 aromatic carbocycles. The molecule has 2 rings (SSSR count). The zero-order chi connectivity index (χ0) is 12.3. The molecule has 0 radical (unpaired) electrons. The summed E-state index contributed by atoms with van der Waals surface area (Å²) in [5.74, 6) is -0.220. The monoisotopic (exact) mass is 250 g/mol. The molecule has 2 aromatic heterocycles. The normalized spacial score (nSPS) is 10.2. The Balaban J connectivity index is 2.23. The van der Waals surface area contributed by atoms with E-state index in [9.17, 15) is 4.79 Å². The summed E-state index contributed by atoms with van der Waals surface area (Å²) in [4.78, 5) is 23.3. The minimum Gasteiger partial charge on any atom is -0.461 e. The number of nitrogens with two attached hydrogens (primary N) is 1. The van der Waals surface area contributed by atoms with E-state index in [0.29, 0.717) is 17.3 Å². The maximum absolute atomic E-state index is 11.4. The van der Waals surface area contributed by atoms with Gasteiger partial charge in [-0.1, -0.05) is 0 Å². The number of ether oxygens (including phenoxy) is 1. The van der Waals surface area contributed by atoms with Gasteiger partial charge in [-0.3, -0.25) is 0 Å². The zero-order valence-electron chi connectivity index (χ0n) is 9.08. The number of carbonyl (C=O) groups is 1. The van der Waals surface area contributed by atoms with Gasteiger partial charge < -0.3 is 10.5 Å². The van der Waals surface area contributed by atoms with Crippen LogP contribution in [-0.4, -0.2) is 27.5 Å². The van der Waals surface area contributed by atoms with Crippen LogP contribution in [0.1, 0.15) is 17.4 Å². The van der Waals surface area contributed by atoms with E-state index < -0.39 is 5.97 Å². The van der Waals surface area contributed by atoms with Crippen molar-refractivity contribution < 1.29 is 9.53 Å². The van der Waals surface area contributed by atoms with E-state index in [1.165, 1.54) is 11.3 Å². The van der Waals surface area contributed by atoms with E-state index in [0.717, 1.165) is 5.56 Å². The molecular formula is C10H10N4O2S. The third-order valence-corrected chi connectivity index (χ3v) is 2.80. The van der Waals surface area contributed by atoms with Crippen molar-refractivity contribution in [2.75, 3.05) is 12.3 Å². The molecule has 0 spiro atoms. The van der Waals surface area contributed by atoms with Gasteiger partial charge in [-0.05, 0) is 6.92 Å². The fraction of sp³-hybridized carbons (Fsp3) is 0.200. The van der Waals surface area contributed by atoms with Crippen LogP contribution in [0.25, 0.3) is 10.6 Å². The lowest BCUT2D eigenvalue weighted by Crippen LogP contribution is -2.04. The lowest BCUT2D eigenvalue weighted by molar-refractivity contribution is 0.0520. The second-order valence-electron chi connectivity index (χ2n) is 3.09. The molecule has 17 heavy (non-hydrogen) atoms. The summed E-state index contributed by atoms with van der Waals surface area (Å²) in [6.07, 6.45) is 3.13. The highest BCUT2D eigenvalue weighted by Crippen LogP contribution is 2.22. The van der Waals surface area contributed by atoms with Crippen molar-refractivity contribution in [1.82, 2.24) is 15.0 Å². The number of nitrogens with zero attached hydrogens (tertiary/aromatic N) is 3. The number of hydrogen-bond donors (Lipinski definition) is 1. The Morgan fingerprint density at radius 1 is 1.47 bits per heavy atom. The number of rotatable bonds is 3. The van der Waals surface area contributed by atoms with Crippen molar-refractivity contribution in [3.05, 3.63) is 23.5 Å². The smallest absolute Gasteiger partial charge is 0.357 e. The summed E-state index contributed by atoms with van der Waals surface area (Å²) in [5, 5.41) is 2.30. The highest BCUT2D eigenvalue weighted by molar-refractivity contribution is 7.13. The molecule has 2 aromatic rings. The molecule has 0 aliphatic heterocycles. The maximum Gasteiger partial charge on any atom is 0.357 e.